The van der Waals surface area contributed by atoms with Crippen LogP contribution in [0.25, 0.3) is 17.0 Å². The summed E-state index contributed by atoms with van der Waals surface area (Å²) in [4.78, 5) is 27.1. The van der Waals surface area contributed by atoms with Gasteiger partial charge in [-0.3, -0.25) is 14.5 Å². The highest BCUT2D eigenvalue weighted by Crippen LogP contribution is 2.37. The van der Waals surface area contributed by atoms with Gasteiger partial charge < -0.3 is 14.4 Å². The van der Waals surface area contributed by atoms with Crippen LogP contribution in [-0.4, -0.2) is 47.3 Å². The van der Waals surface area contributed by atoms with Crippen LogP contribution in [0.2, 0.25) is 0 Å². The van der Waals surface area contributed by atoms with Crippen molar-refractivity contribution >= 4 is 22.9 Å². The van der Waals surface area contributed by atoms with Crippen molar-refractivity contribution in [3.05, 3.63) is 82.7 Å². The Bertz CT molecular complexity index is 1210. The van der Waals surface area contributed by atoms with Crippen molar-refractivity contribution in [3.63, 3.8) is 0 Å². The van der Waals surface area contributed by atoms with Crippen molar-refractivity contribution in [1.82, 2.24) is 9.47 Å². The summed E-state index contributed by atoms with van der Waals surface area (Å²) in [5.41, 5.74) is 1.17. The lowest BCUT2D eigenvalue weighted by Crippen LogP contribution is -2.44. The van der Waals surface area contributed by atoms with E-state index in [2.05, 4.69) is 29.2 Å². The summed E-state index contributed by atoms with van der Waals surface area (Å²) in [5.74, 6) is -0.0264. The normalized spacial score (nSPS) is 16.1. The second-order valence-corrected chi connectivity index (χ2v) is 9.05. The molecule has 0 saturated carbocycles. The number of aryl methyl sites for hydroxylation is 1. The molecule has 0 amide bonds. The SMILES string of the molecule is COc1ccc2ccc(=O)n(CCCC3(C(=O)O)CCN(CC=Cc4ccccc4)CC3)c2c1. The van der Waals surface area contributed by atoms with Crippen LogP contribution in [0.3, 0.4) is 0 Å². The fourth-order valence-electron chi connectivity index (χ4n) is 4.84. The number of hydrogen-bond donors (Lipinski definition) is 1. The number of carbonyl (C=O) groups is 1. The lowest BCUT2D eigenvalue weighted by atomic mass is 9.75. The van der Waals surface area contributed by atoms with Crippen molar-refractivity contribution in [2.24, 2.45) is 5.41 Å². The molecule has 6 heteroatoms. The van der Waals surface area contributed by atoms with Gasteiger partial charge in [0.25, 0.3) is 5.56 Å². The van der Waals surface area contributed by atoms with Gasteiger partial charge in [0, 0.05) is 25.2 Å². The van der Waals surface area contributed by atoms with Crippen LogP contribution in [0.4, 0.5) is 0 Å². The van der Waals surface area contributed by atoms with Crippen molar-refractivity contribution in [2.45, 2.75) is 32.2 Å². The lowest BCUT2D eigenvalue weighted by Gasteiger charge is -2.38. The largest absolute Gasteiger partial charge is 0.497 e. The summed E-state index contributed by atoms with van der Waals surface area (Å²) in [6.45, 7) is 2.83. The topological polar surface area (TPSA) is 71.8 Å². The molecule has 1 aliphatic rings. The number of benzene rings is 2. The van der Waals surface area contributed by atoms with Crippen molar-refractivity contribution in [1.29, 1.82) is 0 Å². The summed E-state index contributed by atoms with van der Waals surface area (Å²) >= 11 is 0. The predicted molar refractivity (Wildman–Crippen MR) is 135 cm³/mol. The van der Waals surface area contributed by atoms with Crippen LogP contribution in [0.5, 0.6) is 5.75 Å². The monoisotopic (exact) mass is 460 g/mol. The minimum Gasteiger partial charge on any atom is -0.497 e. The lowest BCUT2D eigenvalue weighted by molar-refractivity contribution is -0.152. The molecular formula is C28H32N2O4. The molecule has 1 aromatic heterocycles. The summed E-state index contributed by atoms with van der Waals surface area (Å²) < 4.78 is 7.06. The average Bonchev–Trinajstić information content (AvgIpc) is 2.86. The van der Waals surface area contributed by atoms with E-state index >= 15 is 0 Å². The maximum atomic E-state index is 12.6. The van der Waals surface area contributed by atoms with Crippen LogP contribution in [0, 0.1) is 5.41 Å². The Labute approximate surface area is 200 Å². The second kappa shape index (κ2) is 10.7. The molecular weight excluding hydrogens is 428 g/mol. The van der Waals surface area contributed by atoms with E-state index in [1.165, 1.54) is 5.56 Å². The van der Waals surface area contributed by atoms with E-state index in [0.29, 0.717) is 38.0 Å². The quantitative estimate of drug-likeness (QED) is 0.502. The Balaban J connectivity index is 1.37. The zero-order chi connectivity index (χ0) is 24.0. The molecule has 0 unspecified atom stereocenters. The number of aliphatic carboxylic acids is 1. The number of hydrogen-bond acceptors (Lipinski definition) is 4. The van der Waals surface area contributed by atoms with E-state index in [4.69, 9.17) is 4.74 Å². The molecule has 1 saturated heterocycles. The number of piperidine rings is 1. The Kier molecular flexibility index (Phi) is 7.48. The zero-order valence-corrected chi connectivity index (χ0v) is 19.7. The third kappa shape index (κ3) is 5.39. The number of carboxylic acids is 1. The number of rotatable bonds is 9. The van der Waals surface area contributed by atoms with Crippen molar-refractivity contribution in [2.75, 3.05) is 26.7 Å². The highest BCUT2D eigenvalue weighted by atomic mass is 16.5. The van der Waals surface area contributed by atoms with Gasteiger partial charge in [-0.15, -0.1) is 0 Å². The fourth-order valence-corrected chi connectivity index (χ4v) is 4.84. The first-order valence-corrected chi connectivity index (χ1v) is 11.9. The molecule has 0 spiro atoms. The highest BCUT2D eigenvalue weighted by molar-refractivity contribution is 5.80. The molecule has 6 nitrogen and oxygen atoms in total. The molecule has 0 radical (unpaired) electrons. The number of fused-ring (bicyclic) bond motifs is 1. The number of ether oxygens (including phenoxy) is 1. The van der Waals surface area contributed by atoms with Crippen LogP contribution in [0.1, 0.15) is 31.2 Å². The standard InChI is InChI=1S/C28H32N2O4/c1-34-24-12-10-23-11-13-26(31)30(25(23)21-24)18-6-14-28(27(32)33)15-19-29(20-16-28)17-5-9-22-7-3-2-4-8-22/h2-5,7-13,21H,6,14-20H2,1H3,(H,32,33). The van der Waals surface area contributed by atoms with Crippen LogP contribution in [0.15, 0.2) is 71.5 Å². The van der Waals surface area contributed by atoms with Crippen LogP contribution >= 0.6 is 0 Å². The maximum absolute atomic E-state index is 12.6. The summed E-state index contributed by atoms with van der Waals surface area (Å²) in [6, 6.07) is 19.2. The molecule has 2 heterocycles. The van der Waals surface area contributed by atoms with Gasteiger partial charge >= 0.3 is 5.97 Å². The van der Waals surface area contributed by atoms with Gasteiger partial charge in [-0.05, 0) is 67.9 Å². The summed E-state index contributed by atoms with van der Waals surface area (Å²) in [6.07, 6.45) is 6.69. The van der Waals surface area contributed by atoms with Gasteiger partial charge in [-0.1, -0.05) is 42.5 Å². The number of likely N-dealkylation sites (tertiary alicyclic amines) is 1. The molecule has 4 rings (SSSR count). The molecule has 178 valence electrons. The molecule has 1 aliphatic heterocycles. The Hall–Kier alpha value is -3.38. The minimum atomic E-state index is -0.731. The van der Waals surface area contributed by atoms with Gasteiger partial charge in [-0.25, -0.2) is 0 Å². The van der Waals surface area contributed by atoms with Crippen molar-refractivity contribution < 1.29 is 14.6 Å². The van der Waals surface area contributed by atoms with E-state index in [1.54, 1.807) is 17.7 Å². The number of carboxylic acid groups (broad SMARTS) is 1. The first-order valence-electron chi connectivity index (χ1n) is 11.9. The average molecular weight is 461 g/mol. The Morgan fingerprint density at radius 2 is 1.82 bits per heavy atom. The van der Waals surface area contributed by atoms with E-state index in [-0.39, 0.29) is 5.56 Å². The molecule has 0 atom stereocenters. The molecule has 34 heavy (non-hydrogen) atoms. The van der Waals surface area contributed by atoms with E-state index < -0.39 is 11.4 Å². The smallest absolute Gasteiger partial charge is 0.309 e. The predicted octanol–water partition coefficient (Wildman–Crippen LogP) is 4.67. The van der Waals surface area contributed by atoms with Crippen LogP contribution < -0.4 is 10.3 Å². The minimum absolute atomic E-state index is 0.0786. The molecule has 2 aromatic carbocycles. The third-order valence-corrected chi connectivity index (χ3v) is 6.98. The molecule has 3 aromatic rings. The number of pyridine rings is 1. The van der Waals surface area contributed by atoms with Crippen molar-refractivity contribution in [3.8, 4) is 5.75 Å². The molecule has 1 fully saturated rings. The first kappa shape index (κ1) is 23.8. The second-order valence-electron chi connectivity index (χ2n) is 9.05. The summed E-state index contributed by atoms with van der Waals surface area (Å²) in [5, 5.41) is 11.0. The zero-order valence-electron chi connectivity index (χ0n) is 19.7. The van der Waals surface area contributed by atoms with Gasteiger partial charge in [0.2, 0.25) is 0 Å². The maximum Gasteiger partial charge on any atom is 0.309 e. The third-order valence-electron chi connectivity index (χ3n) is 6.98. The van der Waals surface area contributed by atoms with Gasteiger partial charge in [0.05, 0.1) is 18.0 Å². The number of nitrogens with zero attached hydrogens (tertiary/aromatic N) is 2. The van der Waals surface area contributed by atoms with E-state index in [0.717, 1.165) is 30.5 Å². The number of methoxy groups -OCH3 is 1. The summed E-state index contributed by atoms with van der Waals surface area (Å²) in [7, 11) is 1.60. The molecule has 1 N–H and O–H groups in total. The van der Waals surface area contributed by atoms with Gasteiger partial charge in [0.1, 0.15) is 5.75 Å². The Morgan fingerprint density at radius 1 is 1.09 bits per heavy atom. The van der Waals surface area contributed by atoms with Gasteiger partial charge in [0.15, 0.2) is 0 Å². The van der Waals surface area contributed by atoms with Crippen LogP contribution in [-0.2, 0) is 11.3 Å². The molecule has 0 aliphatic carbocycles. The van der Waals surface area contributed by atoms with Gasteiger partial charge in [-0.2, -0.15) is 0 Å². The van der Waals surface area contributed by atoms with E-state index in [1.807, 2.05) is 42.5 Å². The highest BCUT2D eigenvalue weighted by Gasteiger charge is 2.40. The van der Waals surface area contributed by atoms with E-state index in [9.17, 15) is 14.7 Å². The first-order chi connectivity index (χ1) is 16.5. The number of aromatic nitrogens is 1. The molecule has 0 bridgehead atoms. The Morgan fingerprint density at radius 3 is 2.53 bits per heavy atom. The fraction of sp³-hybridized carbons (Fsp3) is 0.357.